The predicted octanol–water partition coefficient (Wildman–Crippen LogP) is 2.76. The Kier molecular flexibility index (Phi) is 5.23. The van der Waals surface area contributed by atoms with Gasteiger partial charge in [-0.3, -0.25) is 0 Å². The highest BCUT2D eigenvalue weighted by molar-refractivity contribution is 7.91. The van der Waals surface area contributed by atoms with Crippen LogP contribution in [0.1, 0.15) is 49.5 Å². The molecule has 1 aliphatic rings. The predicted molar refractivity (Wildman–Crippen MR) is 83.3 cm³/mol. The van der Waals surface area contributed by atoms with Crippen LogP contribution in [0.2, 0.25) is 0 Å². The molecule has 1 fully saturated rings. The van der Waals surface area contributed by atoms with E-state index in [0.29, 0.717) is 10.8 Å². The lowest BCUT2D eigenvalue weighted by Crippen LogP contribution is -2.37. The molecule has 2 rings (SSSR count). The monoisotopic (exact) mass is 316 g/mol. The quantitative estimate of drug-likeness (QED) is 0.877. The molecule has 0 atom stereocenters. The number of nitrogens with one attached hydrogen (secondary N) is 1. The third-order valence-corrected chi connectivity index (χ3v) is 7.45. The minimum absolute atomic E-state index is 0.0894. The van der Waals surface area contributed by atoms with Gasteiger partial charge in [0.2, 0.25) is 10.0 Å². The molecule has 1 heterocycles. The maximum absolute atomic E-state index is 12.4. The molecule has 1 aromatic rings. The van der Waals surface area contributed by atoms with Crippen molar-refractivity contribution in [2.75, 3.05) is 0 Å². The van der Waals surface area contributed by atoms with E-state index in [4.69, 9.17) is 5.73 Å². The van der Waals surface area contributed by atoms with Gasteiger partial charge in [-0.05, 0) is 50.2 Å². The van der Waals surface area contributed by atoms with E-state index in [0.717, 1.165) is 42.0 Å². The molecular weight excluding hydrogens is 292 g/mol. The fourth-order valence-corrected chi connectivity index (χ4v) is 5.58. The first-order valence-electron chi connectivity index (χ1n) is 7.28. The van der Waals surface area contributed by atoms with Gasteiger partial charge in [-0.2, -0.15) is 0 Å². The van der Waals surface area contributed by atoms with Crippen molar-refractivity contribution < 1.29 is 8.42 Å². The zero-order valence-electron chi connectivity index (χ0n) is 12.2. The maximum atomic E-state index is 12.4. The van der Waals surface area contributed by atoms with Crippen LogP contribution in [0.3, 0.4) is 0 Å². The number of sulfonamides is 1. The van der Waals surface area contributed by atoms with Crippen LogP contribution in [0.4, 0.5) is 0 Å². The fraction of sp³-hybridized carbons (Fsp3) is 0.714. The molecule has 3 N–H and O–H groups in total. The molecule has 0 radical (unpaired) electrons. The zero-order chi connectivity index (χ0) is 14.8. The van der Waals surface area contributed by atoms with Gasteiger partial charge in [0.25, 0.3) is 0 Å². The average Bonchev–Trinajstić information content (AvgIpc) is 2.81. The molecule has 20 heavy (non-hydrogen) atoms. The molecular formula is C14H24N2O2S2. The summed E-state index contributed by atoms with van der Waals surface area (Å²) in [4.78, 5) is 0.945. The smallest absolute Gasteiger partial charge is 0.250 e. The van der Waals surface area contributed by atoms with Crippen LogP contribution in [0.15, 0.2) is 10.3 Å². The van der Waals surface area contributed by atoms with E-state index >= 15 is 0 Å². The molecule has 1 aliphatic carbocycles. The third-order valence-electron chi connectivity index (χ3n) is 4.19. The lowest BCUT2D eigenvalue weighted by molar-refractivity contribution is 0.306. The largest absolute Gasteiger partial charge is 0.326 e. The molecule has 0 unspecified atom stereocenters. The summed E-state index contributed by atoms with van der Waals surface area (Å²) in [6.07, 6.45) is 5.35. The van der Waals surface area contributed by atoms with Crippen molar-refractivity contribution in [1.29, 1.82) is 0 Å². The summed E-state index contributed by atoms with van der Waals surface area (Å²) < 4.78 is 28.0. The molecule has 0 spiro atoms. The highest BCUT2D eigenvalue weighted by Crippen LogP contribution is 2.29. The van der Waals surface area contributed by atoms with Crippen molar-refractivity contribution in [3.05, 3.63) is 16.5 Å². The molecule has 0 aromatic carbocycles. The molecule has 4 nitrogen and oxygen atoms in total. The Morgan fingerprint density at radius 1 is 1.35 bits per heavy atom. The van der Waals surface area contributed by atoms with E-state index in [1.54, 1.807) is 6.07 Å². The Morgan fingerprint density at radius 2 is 2.00 bits per heavy atom. The van der Waals surface area contributed by atoms with Gasteiger partial charge in [0.1, 0.15) is 4.21 Å². The van der Waals surface area contributed by atoms with Gasteiger partial charge in [0.15, 0.2) is 0 Å². The number of nitrogens with two attached hydrogens (primary N) is 1. The lowest BCUT2D eigenvalue weighted by atomic mass is 9.85. The van der Waals surface area contributed by atoms with Gasteiger partial charge >= 0.3 is 0 Å². The Labute approximate surface area is 125 Å². The van der Waals surface area contributed by atoms with Crippen molar-refractivity contribution in [3.63, 3.8) is 0 Å². The Bertz CT molecular complexity index is 544. The molecule has 114 valence electrons. The van der Waals surface area contributed by atoms with Crippen molar-refractivity contribution in [2.45, 2.75) is 62.7 Å². The van der Waals surface area contributed by atoms with E-state index in [2.05, 4.69) is 11.6 Å². The van der Waals surface area contributed by atoms with Crippen LogP contribution in [-0.2, 0) is 16.6 Å². The standard InChI is InChI=1S/C14H24N2O2S2/c1-3-11-4-6-12(7-5-11)16-20(17,18)14-8-10(2)13(9-15)19-14/h8,11-12,16H,3-7,9,15H2,1-2H3. The molecule has 1 aromatic heterocycles. The number of hydrogen-bond donors (Lipinski definition) is 2. The van der Waals surface area contributed by atoms with Gasteiger partial charge in [0.05, 0.1) is 0 Å². The topological polar surface area (TPSA) is 72.2 Å². The van der Waals surface area contributed by atoms with Crippen molar-refractivity contribution in [3.8, 4) is 0 Å². The third kappa shape index (κ3) is 3.61. The van der Waals surface area contributed by atoms with Gasteiger partial charge in [-0.15, -0.1) is 11.3 Å². The highest BCUT2D eigenvalue weighted by Gasteiger charge is 2.26. The van der Waals surface area contributed by atoms with Crippen molar-refractivity contribution in [1.82, 2.24) is 4.72 Å². The van der Waals surface area contributed by atoms with E-state index in [1.165, 1.54) is 17.8 Å². The molecule has 0 bridgehead atoms. The average molecular weight is 316 g/mol. The summed E-state index contributed by atoms with van der Waals surface area (Å²) in [7, 11) is -3.38. The first-order valence-corrected chi connectivity index (χ1v) is 9.58. The molecule has 0 amide bonds. The van der Waals surface area contributed by atoms with Crippen molar-refractivity contribution >= 4 is 21.4 Å². The normalized spacial score (nSPS) is 23.9. The van der Waals surface area contributed by atoms with Crippen LogP contribution in [0.25, 0.3) is 0 Å². The second-order valence-electron chi connectivity index (χ2n) is 5.62. The maximum Gasteiger partial charge on any atom is 0.250 e. The summed E-state index contributed by atoms with van der Waals surface area (Å²) in [5.41, 5.74) is 6.58. The number of aryl methyl sites for hydroxylation is 1. The first-order chi connectivity index (χ1) is 9.46. The molecule has 0 aliphatic heterocycles. The van der Waals surface area contributed by atoms with E-state index in [-0.39, 0.29) is 6.04 Å². The van der Waals surface area contributed by atoms with Crippen molar-refractivity contribution in [2.24, 2.45) is 11.7 Å². The first kappa shape index (κ1) is 15.9. The second-order valence-corrected chi connectivity index (χ2v) is 8.70. The fourth-order valence-electron chi connectivity index (χ4n) is 2.79. The van der Waals surface area contributed by atoms with Crippen LogP contribution in [0, 0.1) is 12.8 Å². The van der Waals surface area contributed by atoms with Crippen LogP contribution < -0.4 is 10.5 Å². The Balaban J connectivity index is 2.04. The minimum Gasteiger partial charge on any atom is -0.326 e. The van der Waals surface area contributed by atoms with Gasteiger partial charge in [-0.1, -0.05) is 13.3 Å². The molecule has 6 heteroatoms. The summed E-state index contributed by atoms with van der Waals surface area (Å²) in [5.74, 6) is 0.767. The molecule has 0 saturated heterocycles. The number of thiophene rings is 1. The number of rotatable bonds is 5. The van der Waals surface area contributed by atoms with Crippen LogP contribution >= 0.6 is 11.3 Å². The van der Waals surface area contributed by atoms with Crippen LogP contribution in [0.5, 0.6) is 0 Å². The van der Waals surface area contributed by atoms with Gasteiger partial charge in [-0.25, -0.2) is 13.1 Å². The second kappa shape index (κ2) is 6.56. The van der Waals surface area contributed by atoms with Crippen LogP contribution in [-0.4, -0.2) is 14.5 Å². The van der Waals surface area contributed by atoms with E-state index in [1.807, 2.05) is 6.92 Å². The van der Waals surface area contributed by atoms with E-state index < -0.39 is 10.0 Å². The Hall–Kier alpha value is -0.430. The number of hydrogen-bond acceptors (Lipinski definition) is 4. The lowest BCUT2D eigenvalue weighted by Gasteiger charge is -2.27. The van der Waals surface area contributed by atoms with Gasteiger partial charge in [0, 0.05) is 17.5 Å². The zero-order valence-corrected chi connectivity index (χ0v) is 13.8. The van der Waals surface area contributed by atoms with E-state index in [9.17, 15) is 8.42 Å². The summed E-state index contributed by atoms with van der Waals surface area (Å²) in [5, 5.41) is 0. The molecule has 1 saturated carbocycles. The highest BCUT2D eigenvalue weighted by atomic mass is 32.2. The summed E-state index contributed by atoms with van der Waals surface area (Å²) in [6.45, 7) is 4.51. The minimum atomic E-state index is -3.38. The van der Waals surface area contributed by atoms with Gasteiger partial charge < -0.3 is 5.73 Å². The SMILES string of the molecule is CCC1CCC(NS(=O)(=O)c2cc(C)c(CN)s2)CC1. The Morgan fingerprint density at radius 3 is 2.50 bits per heavy atom. The summed E-state index contributed by atoms with van der Waals surface area (Å²) >= 11 is 1.28. The summed E-state index contributed by atoms with van der Waals surface area (Å²) in [6, 6.07) is 1.82.